The number of anilines is 1. The zero-order chi connectivity index (χ0) is 19.9. The van der Waals surface area contributed by atoms with E-state index in [4.69, 9.17) is 4.74 Å². The highest BCUT2D eigenvalue weighted by Crippen LogP contribution is 2.30. The second-order valence-electron chi connectivity index (χ2n) is 7.15. The molecule has 0 heterocycles. The fourth-order valence-corrected chi connectivity index (χ4v) is 3.46. The monoisotopic (exact) mass is 380 g/mol. The fraction of sp³-hybridized carbons (Fsp3) is 0.391. The molecule has 1 atom stereocenters. The van der Waals surface area contributed by atoms with Gasteiger partial charge in [0.25, 0.3) is 11.8 Å². The molecule has 2 aromatic rings. The Balaban J connectivity index is 1.70. The molecule has 3 rings (SSSR count). The molecular weight excluding hydrogens is 352 g/mol. The van der Waals surface area contributed by atoms with Gasteiger partial charge in [0, 0.05) is 6.54 Å². The van der Waals surface area contributed by atoms with Gasteiger partial charge in [0.15, 0.2) is 6.10 Å². The number of ether oxygens (including phenoxy) is 1. The first kappa shape index (κ1) is 19.9. The van der Waals surface area contributed by atoms with Crippen molar-refractivity contribution in [2.75, 3.05) is 11.9 Å². The van der Waals surface area contributed by atoms with Crippen LogP contribution in [0.4, 0.5) is 5.69 Å². The Morgan fingerprint density at radius 3 is 2.68 bits per heavy atom. The minimum atomic E-state index is -0.666. The first-order valence-corrected chi connectivity index (χ1v) is 10.1. The molecule has 1 aliphatic rings. The van der Waals surface area contributed by atoms with Gasteiger partial charge in [-0.2, -0.15) is 0 Å². The number of carbonyl (C=O) groups is 2. The molecule has 0 saturated carbocycles. The minimum absolute atomic E-state index is 0.191. The Hall–Kier alpha value is -2.82. The van der Waals surface area contributed by atoms with Crippen molar-refractivity contribution in [3.8, 4) is 5.75 Å². The van der Waals surface area contributed by atoms with E-state index in [1.165, 1.54) is 17.5 Å². The van der Waals surface area contributed by atoms with Crippen molar-refractivity contribution >= 4 is 17.5 Å². The number of hydrogen-bond donors (Lipinski definition) is 2. The largest absolute Gasteiger partial charge is 0.481 e. The molecule has 0 aliphatic heterocycles. The van der Waals surface area contributed by atoms with Crippen LogP contribution in [-0.2, 0) is 17.6 Å². The lowest BCUT2D eigenvalue weighted by atomic mass is 9.91. The SMILES string of the molecule is CCCNC(=O)c1ccccc1NC(=O)[C@H](C)Oc1cccc2c1CCCC2. The van der Waals surface area contributed by atoms with Crippen LogP contribution < -0.4 is 15.4 Å². The van der Waals surface area contributed by atoms with Crippen LogP contribution in [0.2, 0.25) is 0 Å². The van der Waals surface area contributed by atoms with Crippen molar-refractivity contribution in [3.05, 3.63) is 59.2 Å². The molecule has 0 fully saturated rings. The van der Waals surface area contributed by atoms with E-state index in [2.05, 4.69) is 16.7 Å². The molecule has 0 aromatic heterocycles. The van der Waals surface area contributed by atoms with Gasteiger partial charge in [-0.05, 0) is 68.4 Å². The number of nitrogens with one attached hydrogen (secondary N) is 2. The van der Waals surface area contributed by atoms with E-state index in [1.807, 2.05) is 19.1 Å². The van der Waals surface area contributed by atoms with Gasteiger partial charge in [-0.1, -0.05) is 31.2 Å². The molecule has 0 saturated heterocycles. The third-order valence-corrected chi connectivity index (χ3v) is 4.99. The summed E-state index contributed by atoms with van der Waals surface area (Å²) >= 11 is 0. The van der Waals surface area contributed by atoms with Crippen LogP contribution in [0.3, 0.4) is 0 Å². The molecule has 0 radical (unpaired) electrons. The molecule has 5 heteroatoms. The Morgan fingerprint density at radius 2 is 1.86 bits per heavy atom. The number of para-hydroxylation sites is 1. The molecular formula is C23H28N2O3. The lowest BCUT2D eigenvalue weighted by Gasteiger charge is -2.22. The second-order valence-corrected chi connectivity index (χ2v) is 7.15. The van der Waals surface area contributed by atoms with Crippen LogP contribution in [0.25, 0.3) is 0 Å². The van der Waals surface area contributed by atoms with Gasteiger partial charge in [-0.25, -0.2) is 0 Å². The van der Waals surface area contributed by atoms with Crippen molar-refractivity contribution in [2.45, 2.75) is 52.1 Å². The normalized spacial score (nSPS) is 13.9. The lowest BCUT2D eigenvalue weighted by molar-refractivity contribution is -0.122. The smallest absolute Gasteiger partial charge is 0.265 e. The summed E-state index contributed by atoms with van der Waals surface area (Å²) in [6, 6.07) is 13.1. The summed E-state index contributed by atoms with van der Waals surface area (Å²) < 4.78 is 6.00. The summed E-state index contributed by atoms with van der Waals surface area (Å²) in [7, 11) is 0. The van der Waals surface area contributed by atoms with Gasteiger partial charge in [-0.15, -0.1) is 0 Å². The molecule has 148 valence electrons. The first-order chi connectivity index (χ1) is 13.6. The van der Waals surface area contributed by atoms with Crippen molar-refractivity contribution in [3.63, 3.8) is 0 Å². The maximum atomic E-state index is 12.7. The predicted molar refractivity (Wildman–Crippen MR) is 111 cm³/mol. The van der Waals surface area contributed by atoms with Gasteiger partial charge in [0.2, 0.25) is 0 Å². The summed E-state index contributed by atoms with van der Waals surface area (Å²) in [5.74, 6) is 0.321. The van der Waals surface area contributed by atoms with Crippen molar-refractivity contribution in [1.29, 1.82) is 0 Å². The van der Waals surface area contributed by atoms with Crippen LogP contribution in [-0.4, -0.2) is 24.5 Å². The Morgan fingerprint density at radius 1 is 1.07 bits per heavy atom. The fourth-order valence-electron chi connectivity index (χ4n) is 3.46. The van der Waals surface area contributed by atoms with Crippen LogP contribution in [0, 0.1) is 0 Å². The molecule has 0 bridgehead atoms. The number of aryl methyl sites for hydroxylation is 1. The van der Waals surface area contributed by atoms with E-state index >= 15 is 0 Å². The quantitative estimate of drug-likeness (QED) is 0.760. The lowest BCUT2D eigenvalue weighted by Crippen LogP contribution is -2.32. The molecule has 2 N–H and O–H groups in total. The van der Waals surface area contributed by atoms with Crippen LogP contribution in [0.1, 0.15) is 54.6 Å². The van der Waals surface area contributed by atoms with Crippen molar-refractivity contribution in [1.82, 2.24) is 5.32 Å². The molecule has 28 heavy (non-hydrogen) atoms. The highest BCUT2D eigenvalue weighted by molar-refractivity contribution is 6.04. The topological polar surface area (TPSA) is 67.4 Å². The predicted octanol–water partition coefficient (Wildman–Crippen LogP) is 4.11. The van der Waals surface area contributed by atoms with Crippen molar-refractivity contribution < 1.29 is 14.3 Å². The number of carbonyl (C=O) groups excluding carboxylic acids is 2. The number of amides is 2. The van der Waals surface area contributed by atoms with E-state index in [1.54, 1.807) is 31.2 Å². The first-order valence-electron chi connectivity index (χ1n) is 10.1. The molecule has 2 amide bonds. The number of benzene rings is 2. The summed E-state index contributed by atoms with van der Waals surface area (Å²) in [4.78, 5) is 25.0. The van der Waals surface area contributed by atoms with E-state index in [9.17, 15) is 9.59 Å². The summed E-state index contributed by atoms with van der Waals surface area (Å²) in [6.07, 6.45) is 4.58. The van der Waals surface area contributed by atoms with Crippen LogP contribution >= 0.6 is 0 Å². The summed E-state index contributed by atoms with van der Waals surface area (Å²) in [6.45, 7) is 4.33. The van der Waals surface area contributed by atoms with Crippen LogP contribution in [0.5, 0.6) is 5.75 Å². The van der Waals surface area contributed by atoms with Crippen molar-refractivity contribution in [2.24, 2.45) is 0 Å². The molecule has 5 nitrogen and oxygen atoms in total. The third-order valence-electron chi connectivity index (χ3n) is 4.99. The van der Waals surface area contributed by atoms with E-state index in [0.29, 0.717) is 17.8 Å². The molecule has 0 spiro atoms. The van der Waals surface area contributed by atoms with E-state index < -0.39 is 6.10 Å². The standard InChI is InChI=1S/C23H28N2O3/c1-3-15-24-23(27)19-12-6-7-13-20(19)25-22(26)16(2)28-21-14-8-10-17-9-4-5-11-18(17)21/h6-8,10,12-14,16H,3-5,9,11,15H2,1-2H3,(H,24,27)(H,25,26)/t16-/m0/s1. The Labute approximate surface area is 166 Å². The third kappa shape index (κ3) is 4.71. The molecule has 1 aliphatic carbocycles. The average molecular weight is 380 g/mol. The van der Waals surface area contributed by atoms with Gasteiger partial charge >= 0.3 is 0 Å². The second kappa shape index (κ2) is 9.40. The minimum Gasteiger partial charge on any atom is -0.481 e. The highest BCUT2D eigenvalue weighted by Gasteiger charge is 2.21. The highest BCUT2D eigenvalue weighted by atomic mass is 16.5. The number of fused-ring (bicyclic) bond motifs is 1. The zero-order valence-corrected chi connectivity index (χ0v) is 16.6. The summed E-state index contributed by atoms with van der Waals surface area (Å²) in [5, 5.41) is 5.69. The maximum Gasteiger partial charge on any atom is 0.265 e. The number of hydrogen-bond acceptors (Lipinski definition) is 3. The average Bonchev–Trinajstić information content (AvgIpc) is 2.72. The zero-order valence-electron chi connectivity index (χ0n) is 16.6. The van der Waals surface area contributed by atoms with Gasteiger partial charge in [0.05, 0.1) is 11.3 Å². The number of rotatable bonds is 7. The molecule has 0 unspecified atom stereocenters. The van der Waals surface area contributed by atoms with Gasteiger partial charge in [-0.3, -0.25) is 9.59 Å². The maximum absolute atomic E-state index is 12.7. The Bertz CT molecular complexity index is 847. The van der Waals surface area contributed by atoms with Gasteiger partial charge < -0.3 is 15.4 Å². The molecule has 2 aromatic carbocycles. The van der Waals surface area contributed by atoms with Gasteiger partial charge in [0.1, 0.15) is 5.75 Å². The Kier molecular flexibility index (Phi) is 6.69. The summed E-state index contributed by atoms with van der Waals surface area (Å²) in [5.41, 5.74) is 3.47. The van der Waals surface area contributed by atoms with E-state index in [-0.39, 0.29) is 11.8 Å². The van der Waals surface area contributed by atoms with E-state index in [0.717, 1.165) is 31.4 Å². The van der Waals surface area contributed by atoms with Crippen LogP contribution in [0.15, 0.2) is 42.5 Å².